The van der Waals surface area contributed by atoms with Crippen molar-refractivity contribution in [3.8, 4) is 28.7 Å². The molecule has 0 fully saturated rings. The molecule has 172 valence electrons. The number of ether oxygens (including phenoxy) is 4. The Hall–Kier alpha value is -4.14. The minimum atomic E-state index is -0.482. The maximum atomic E-state index is 12.8. The first-order valence-corrected chi connectivity index (χ1v) is 10.3. The SMILES string of the molecule is COc1ccc(C(=O)NNC(=O)c2cc(C)n(-c3ccc4c(c3)OCCO4)c2C)cc1OC. The molecule has 1 aliphatic rings. The highest BCUT2D eigenvalue weighted by atomic mass is 16.6. The lowest BCUT2D eigenvalue weighted by atomic mass is 10.2. The standard InChI is InChI=1S/C24H25N3O6/c1-14-11-18(15(2)27(14)17-6-8-20-22(13-17)33-10-9-32-20)24(29)26-25-23(28)16-5-7-19(30-3)21(12-16)31-4/h5-8,11-13H,9-10H2,1-4H3,(H,25,28)(H,26,29). The fourth-order valence-corrected chi connectivity index (χ4v) is 3.79. The molecule has 33 heavy (non-hydrogen) atoms. The number of hydrazine groups is 1. The second-order valence-corrected chi connectivity index (χ2v) is 7.43. The molecule has 0 atom stereocenters. The second-order valence-electron chi connectivity index (χ2n) is 7.43. The van der Waals surface area contributed by atoms with Gasteiger partial charge in [-0.05, 0) is 50.2 Å². The van der Waals surface area contributed by atoms with E-state index in [4.69, 9.17) is 18.9 Å². The average molecular weight is 451 g/mol. The lowest BCUT2D eigenvalue weighted by Gasteiger charge is -2.20. The first kappa shape index (κ1) is 22.1. The van der Waals surface area contributed by atoms with Gasteiger partial charge in [-0.25, -0.2) is 0 Å². The quantitative estimate of drug-likeness (QED) is 0.579. The minimum absolute atomic E-state index is 0.315. The number of carbonyl (C=O) groups is 2. The predicted octanol–water partition coefficient (Wildman–Crippen LogP) is 2.96. The molecule has 2 heterocycles. The Labute approximate surface area is 191 Å². The molecule has 4 rings (SSSR count). The summed E-state index contributed by atoms with van der Waals surface area (Å²) in [7, 11) is 3.00. The van der Waals surface area contributed by atoms with E-state index < -0.39 is 11.8 Å². The van der Waals surface area contributed by atoms with Crippen LogP contribution in [0.2, 0.25) is 0 Å². The first-order valence-electron chi connectivity index (χ1n) is 10.3. The van der Waals surface area contributed by atoms with Gasteiger partial charge in [0, 0.05) is 28.7 Å². The Bertz CT molecular complexity index is 1220. The smallest absolute Gasteiger partial charge is 0.271 e. The lowest BCUT2D eigenvalue weighted by molar-refractivity contribution is 0.0846. The van der Waals surface area contributed by atoms with Gasteiger partial charge in [0.2, 0.25) is 0 Å². The molecule has 0 aliphatic carbocycles. The van der Waals surface area contributed by atoms with Crippen LogP contribution in [0.25, 0.3) is 5.69 Å². The molecule has 0 bridgehead atoms. The summed E-state index contributed by atoms with van der Waals surface area (Å²) < 4.78 is 23.6. The summed E-state index contributed by atoms with van der Waals surface area (Å²) in [6.07, 6.45) is 0. The fraction of sp³-hybridized carbons (Fsp3) is 0.250. The van der Waals surface area contributed by atoms with Crippen molar-refractivity contribution in [2.75, 3.05) is 27.4 Å². The zero-order chi connectivity index (χ0) is 23.5. The summed E-state index contributed by atoms with van der Waals surface area (Å²) in [5.41, 5.74) is 8.11. The highest BCUT2D eigenvalue weighted by Crippen LogP contribution is 2.33. The van der Waals surface area contributed by atoms with Gasteiger partial charge in [-0.15, -0.1) is 0 Å². The van der Waals surface area contributed by atoms with Gasteiger partial charge in [0.05, 0.1) is 19.8 Å². The fourth-order valence-electron chi connectivity index (χ4n) is 3.79. The Kier molecular flexibility index (Phi) is 6.12. The van der Waals surface area contributed by atoms with E-state index in [9.17, 15) is 9.59 Å². The van der Waals surface area contributed by atoms with Crippen molar-refractivity contribution in [3.63, 3.8) is 0 Å². The number of rotatable bonds is 5. The number of hydrogen-bond donors (Lipinski definition) is 2. The van der Waals surface area contributed by atoms with Crippen LogP contribution < -0.4 is 29.8 Å². The molecule has 2 N–H and O–H groups in total. The summed E-state index contributed by atoms with van der Waals surface area (Å²) >= 11 is 0. The van der Waals surface area contributed by atoms with E-state index in [0.717, 1.165) is 17.1 Å². The van der Waals surface area contributed by atoms with Crippen LogP contribution in [0.4, 0.5) is 0 Å². The summed E-state index contributed by atoms with van der Waals surface area (Å²) in [5.74, 6) is 1.37. The van der Waals surface area contributed by atoms with E-state index in [1.54, 1.807) is 18.2 Å². The van der Waals surface area contributed by atoms with Crippen LogP contribution in [0.5, 0.6) is 23.0 Å². The van der Waals surface area contributed by atoms with Crippen LogP contribution in [0.3, 0.4) is 0 Å². The molecule has 9 heteroatoms. The van der Waals surface area contributed by atoms with Gasteiger partial charge in [-0.2, -0.15) is 0 Å². The van der Waals surface area contributed by atoms with Crippen LogP contribution in [-0.2, 0) is 0 Å². The number of carbonyl (C=O) groups excluding carboxylic acids is 2. The van der Waals surface area contributed by atoms with E-state index in [0.29, 0.717) is 47.3 Å². The van der Waals surface area contributed by atoms with Crippen molar-refractivity contribution in [2.45, 2.75) is 13.8 Å². The van der Waals surface area contributed by atoms with Crippen molar-refractivity contribution in [1.29, 1.82) is 0 Å². The maximum absolute atomic E-state index is 12.8. The first-order chi connectivity index (χ1) is 15.9. The van der Waals surface area contributed by atoms with Gasteiger partial charge in [-0.3, -0.25) is 20.4 Å². The predicted molar refractivity (Wildman–Crippen MR) is 121 cm³/mol. The zero-order valence-corrected chi connectivity index (χ0v) is 18.9. The Morgan fingerprint density at radius 2 is 1.55 bits per heavy atom. The molecule has 1 aliphatic heterocycles. The summed E-state index contributed by atoms with van der Waals surface area (Å²) in [5, 5.41) is 0. The Morgan fingerprint density at radius 3 is 2.27 bits per heavy atom. The number of methoxy groups -OCH3 is 2. The summed E-state index contributed by atoms with van der Waals surface area (Å²) in [4.78, 5) is 25.3. The molecule has 1 aromatic heterocycles. The number of hydrogen-bond acceptors (Lipinski definition) is 6. The van der Waals surface area contributed by atoms with Gasteiger partial charge in [0.25, 0.3) is 11.8 Å². The topological polar surface area (TPSA) is 100 Å². The Morgan fingerprint density at radius 1 is 0.848 bits per heavy atom. The van der Waals surface area contributed by atoms with Crippen LogP contribution in [-0.4, -0.2) is 43.8 Å². The average Bonchev–Trinajstić information content (AvgIpc) is 3.15. The van der Waals surface area contributed by atoms with Gasteiger partial charge in [0.1, 0.15) is 13.2 Å². The van der Waals surface area contributed by atoms with Crippen molar-refractivity contribution >= 4 is 11.8 Å². The normalized spacial score (nSPS) is 12.1. The van der Waals surface area contributed by atoms with Crippen molar-refractivity contribution in [1.82, 2.24) is 15.4 Å². The van der Waals surface area contributed by atoms with E-state index >= 15 is 0 Å². The number of benzene rings is 2. The van der Waals surface area contributed by atoms with Gasteiger partial charge < -0.3 is 23.5 Å². The Balaban J connectivity index is 1.50. The third-order valence-corrected chi connectivity index (χ3v) is 5.40. The van der Waals surface area contributed by atoms with Crippen LogP contribution in [0.1, 0.15) is 32.1 Å². The molecule has 0 saturated heterocycles. The van der Waals surface area contributed by atoms with Gasteiger partial charge >= 0.3 is 0 Å². The molecular weight excluding hydrogens is 426 g/mol. The zero-order valence-electron chi connectivity index (χ0n) is 18.9. The van der Waals surface area contributed by atoms with E-state index in [-0.39, 0.29) is 0 Å². The molecule has 2 aromatic carbocycles. The molecule has 0 spiro atoms. The lowest BCUT2D eigenvalue weighted by Crippen LogP contribution is -2.41. The minimum Gasteiger partial charge on any atom is -0.493 e. The molecule has 9 nitrogen and oxygen atoms in total. The molecule has 0 saturated carbocycles. The van der Waals surface area contributed by atoms with E-state index in [1.165, 1.54) is 20.3 Å². The number of aromatic nitrogens is 1. The number of fused-ring (bicyclic) bond motifs is 1. The van der Waals surface area contributed by atoms with Gasteiger partial charge in [-0.1, -0.05) is 0 Å². The number of amides is 2. The molecule has 3 aromatic rings. The highest BCUT2D eigenvalue weighted by molar-refractivity contribution is 6.00. The van der Waals surface area contributed by atoms with Gasteiger partial charge in [0.15, 0.2) is 23.0 Å². The van der Waals surface area contributed by atoms with E-state index in [2.05, 4.69) is 10.9 Å². The van der Waals surface area contributed by atoms with Crippen molar-refractivity contribution < 1.29 is 28.5 Å². The summed E-state index contributed by atoms with van der Waals surface area (Å²) in [6, 6.07) is 12.2. The van der Waals surface area contributed by atoms with Crippen molar-refractivity contribution in [3.05, 3.63) is 65.0 Å². The largest absolute Gasteiger partial charge is 0.493 e. The molecule has 0 radical (unpaired) electrons. The van der Waals surface area contributed by atoms with Crippen molar-refractivity contribution in [2.24, 2.45) is 0 Å². The molecule has 0 unspecified atom stereocenters. The number of aryl methyl sites for hydroxylation is 1. The maximum Gasteiger partial charge on any atom is 0.271 e. The molecule has 2 amide bonds. The van der Waals surface area contributed by atoms with Crippen LogP contribution in [0, 0.1) is 13.8 Å². The second kappa shape index (κ2) is 9.15. The number of nitrogens with zero attached hydrogens (tertiary/aromatic N) is 1. The highest BCUT2D eigenvalue weighted by Gasteiger charge is 2.20. The number of nitrogens with one attached hydrogen (secondary N) is 2. The molecular formula is C24H25N3O6. The third kappa shape index (κ3) is 4.30. The van der Waals surface area contributed by atoms with Crippen LogP contribution >= 0.6 is 0 Å². The van der Waals surface area contributed by atoms with E-state index in [1.807, 2.05) is 36.6 Å². The monoisotopic (exact) mass is 451 g/mol. The summed E-state index contributed by atoms with van der Waals surface area (Å²) in [6.45, 7) is 4.76. The third-order valence-electron chi connectivity index (χ3n) is 5.40. The van der Waals surface area contributed by atoms with Crippen LogP contribution in [0.15, 0.2) is 42.5 Å².